The van der Waals surface area contributed by atoms with Gasteiger partial charge in [-0.2, -0.15) is 11.8 Å². The third-order valence-corrected chi connectivity index (χ3v) is 9.53. The maximum atomic E-state index is 13.5. The molecular formula is C26H36N2O3S2. The molecule has 7 heteroatoms. The summed E-state index contributed by atoms with van der Waals surface area (Å²) >= 11 is 2.01. The van der Waals surface area contributed by atoms with Crippen LogP contribution < -0.4 is 9.62 Å². The molecule has 0 saturated heterocycles. The number of nitrogens with zero attached hydrogens (tertiary/aromatic N) is 1. The topological polar surface area (TPSA) is 66.5 Å². The first-order valence-electron chi connectivity index (χ1n) is 11.8. The van der Waals surface area contributed by atoms with Crippen LogP contribution in [0.1, 0.15) is 55.2 Å². The second kappa shape index (κ2) is 11.9. The van der Waals surface area contributed by atoms with E-state index in [1.165, 1.54) is 36.4 Å². The number of hydrogen-bond donors (Lipinski definition) is 1. The van der Waals surface area contributed by atoms with E-state index >= 15 is 0 Å². The SMILES string of the molecule is Cc1ccc(S(=O)(=O)N(CC(=O)NCCCSC2CCCCC2)c2cccc(C)c2C)cc1. The molecule has 0 unspecified atom stereocenters. The molecule has 1 fully saturated rings. The Hall–Kier alpha value is -1.99. The van der Waals surface area contributed by atoms with Crippen molar-refractivity contribution in [1.82, 2.24) is 5.32 Å². The van der Waals surface area contributed by atoms with Crippen molar-refractivity contribution in [2.45, 2.75) is 69.4 Å². The molecule has 0 bridgehead atoms. The minimum absolute atomic E-state index is 0.186. The minimum atomic E-state index is -3.89. The summed E-state index contributed by atoms with van der Waals surface area (Å²) in [5.74, 6) is 0.738. The van der Waals surface area contributed by atoms with Crippen molar-refractivity contribution >= 4 is 33.4 Å². The van der Waals surface area contributed by atoms with Gasteiger partial charge in [-0.05, 0) is 75.1 Å². The Labute approximate surface area is 203 Å². The quantitative estimate of drug-likeness (QED) is 0.456. The van der Waals surface area contributed by atoms with Crippen molar-refractivity contribution in [3.63, 3.8) is 0 Å². The number of anilines is 1. The van der Waals surface area contributed by atoms with Crippen LogP contribution in [-0.4, -0.2) is 38.4 Å². The smallest absolute Gasteiger partial charge is 0.264 e. The summed E-state index contributed by atoms with van der Waals surface area (Å²) < 4.78 is 28.3. The van der Waals surface area contributed by atoms with Crippen LogP contribution in [0.3, 0.4) is 0 Å². The Bertz CT molecular complexity index is 1030. The number of hydrogen-bond acceptors (Lipinski definition) is 4. The third-order valence-electron chi connectivity index (χ3n) is 6.29. The van der Waals surface area contributed by atoms with Crippen LogP contribution in [0.4, 0.5) is 5.69 Å². The van der Waals surface area contributed by atoms with E-state index in [4.69, 9.17) is 0 Å². The maximum absolute atomic E-state index is 13.5. The van der Waals surface area contributed by atoms with Crippen LogP contribution in [0.25, 0.3) is 0 Å². The number of nitrogens with one attached hydrogen (secondary N) is 1. The Kier molecular flexibility index (Phi) is 9.27. The first kappa shape index (κ1) is 25.6. The van der Waals surface area contributed by atoms with Crippen molar-refractivity contribution in [2.75, 3.05) is 23.1 Å². The second-order valence-electron chi connectivity index (χ2n) is 8.88. The van der Waals surface area contributed by atoms with Gasteiger partial charge in [-0.15, -0.1) is 0 Å². The number of rotatable bonds is 10. The fourth-order valence-electron chi connectivity index (χ4n) is 4.11. The molecule has 1 aliphatic rings. The Morgan fingerprint density at radius 2 is 1.73 bits per heavy atom. The molecule has 0 spiro atoms. The fourth-order valence-corrected chi connectivity index (χ4v) is 6.90. The summed E-state index contributed by atoms with van der Waals surface area (Å²) in [4.78, 5) is 13.0. The molecule has 2 aromatic carbocycles. The summed E-state index contributed by atoms with van der Waals surface area (Å²) in [5.41, 5.74) is 3.36. The predicted octanol–water partition coefficient (Wildman–Crippen LogP) is 5.38. The van der Waals surface area contributed by atoms with Crippen LogP contribution in [0.2, 0.25) is 0 Å². The Morgan fingerprint density at radius 3 is 2.42 bits per heavy atom. The fraction of sp³-hybridized carbons (Fsp3) is 0.500. The number of aryl methyl sites for hydroxylation is 2. The average molecular weight is 489 g/mol. The molecule has 0 atom stereocenters. The van der Waals surface area contributed by atoms with E-state index in [0.29, 0.717) is 12.2 Å². The molecule has 0 aromatic heterocycles. The largest absolute Gasteiger partial charge is 0.354 e. The summed E-state index contributed by atoms with van der Waals surface area (Å²) in [6.45, 7) is 6.07. The van der Waals surface area contributed by atoms with Crippen molar-refractivity contribution in [3.05, 3.63) is 59.2 Å². The zero-order chi connectivity index (χ0) is 23.8. The Morgan fingerprint density at radius 1 is 1.03 bits per heavy atom. The predicted molar refractivity (Wildman–Crippen MR) is 139 cm³/mol. The summed E-state index contributed by atoms with van der Waals surface area (Å²) in [7, 11) is -3.89. The van der Waals surface area contributed by atoms with Crippen molar-refractivity contribution in [2.24, 2.45) is 0 Å². The van der Waals surface area contributed by atoms with Gasteiger partial charge in [0.05, 0.1) is 10.6 Å². The molecule has 0 heterocycles. The number of sulfonamides is 1. The van der Waals surface area contributed by atoms with Gasteiger partial charge in [-0.3, -0.25) is 9.10 Å². The zero-order valence-electron chi connectivity index (χ0n) is 20.0. The summed E-state index contributed by atoms with van der Waals surface area (Å²) in [5, 5.41) is 3.69. The minimum Gasteiger partial charge on any atom is -0.354 e. The van der Waals surface area contributed by atoms with Gasteiger partial charge in [-0.25, -0.2) is 8.42 Å². The molecule has 3 rings (SSSR count). The molecule has 180 valence electrons. The first-order chi connectivity index (χ1) is 15.8. The molecule has 1 N–H and O–H groups in total. The van der Waals surface area contributed by atoms with E-state index in [0.717, 1.165) is 34.1 Å². The zero-order valence-corrected chi connectivity index (χ0v) is 21.6. The lowest BCUT2D eigenvalue weighted by Crippen LogP contribution is -2.41. The van der Waals surface area contributed by atoms with E-state index in [1.54, 1.807) is 30.3 Å². The second-order valence-corrected chi connectivity index (χ2v) is 12.1. The maximum Gasteiger partial charge on any atom is 0.264 e. The Balaban J connectivity index is 1.67. The number of carbonyl (C=O) groups excluding carboxylic acids is 1. The molecule has 0 radical (unpaired) electrons. The van der Waals surface area contributed by atoms with Crippen molar-refractivity contribution < 1.29 is 13.2 Å². The van der Waals surface area contributed by atoms with Gasteiger partial charge in [0.2, 0.25) is 5.91 Å². The average Bonchev–Trinajstić information content (AvgIpc) is 2.80. The van der Waals surface area contributed by atoms with Gasteiger partial charge >= 0.3 is 0 Å². The van der Waals surface area contributed by atoms with Crippen LogP contribution in [-0.2, 0) is 14.8 Å². The number of carbonyl (C=O) groups is 1. The van der Waals surface area contributed by atoms with Crippen LogP contribution in [0.15, 0.2) is 47.4 Å². The van der Waals surface area contributed by atoms with Crippen LogP contribution in [0, 0.1) is 20.8 Å². The van der Waals surface area contributed by atoms with Crippen molar-refractivity contribution in [1.29, 1.82) is 0 Å². The lowest BCUT2D eigenvalue weighted by Gasteiger charge is -2.26. The van der Waals surface area contributed by atoms with Gasteiger partial charge in [0, 0.05) is 11.8 Å². The van der Waals surface area contributed by atoms with Crippen molar-refractivity contribution in [3.8, 4) is 0 Å². The van der Waals surface area contributed by atoms with Gasteiger partial charge in [0.25, 0.3) is 10.0 Å². The van der Waals surface area contributed by atoms with E-state index in [9.17, 15) is 13.2 Å². The van der Waals surface area contributed by atoms with E-state index in [2.05, 4.69) is 5.32 Å². The van der Waals surface area contributed by atoms with E-state index in [-0.39, 0.29) is 17.3 Å². The monoisotopic (exact) mass is 488 g/mol. The lowest BCUT2D eigenvalue weighted by atomic mass is 10.0. The summed E-state index contributed by atoms with van der Waals surface area (Å²) in [6, 6.07) is 12.3. The van der Waals surface area contributed by atoms with Gasteiger partial charge < -0.3 is 5.32 Å². The molecule has 33 heavy (non-hydrogen) atoms. The highest BCUT2D eigenvalue weighted by Crippen LogP contribution is 2.29. The normalized spacial score (nSPS) is 14.8. The third kappa shape index (κ3) is 7.00. The van der Waals surface area contributed by atoms with E-state index < -0.39 is 10.0 Å². The molecule has 5 nitrogen and oxygen atoms in total. The summed E-state index contributed by atoms with van der Waals surface area (Å²) in [6.07, 6.45) is 7.52. The molecule has 2 aromatic rings. The van der Waals surface area contributed by atoms with Crippen LogP contribution in [0.5, 0.6) is 0 Å². The van der Waals surface area contributed by atoms with Gasteiger partial charge in [0.1, 0.15) is 6.54 Å². The number of amides is 1. The van der Waals surface area contributed by atoms with E-state index in [1.807, 2.05) is 44.7 Å². The molecular weight excluding hydrogens is 452 g/mol. The van der Waals surface area contributed by atoms with Gasteiger partial charge in [0.15, 0.2) is 0 Å². The highest BCUT2D eigenvalue weighted by Gasteiger charge is 2.28. The molecule has 0 aliphatic heterocycles. The molecule has 1 amide bonds. The standard InChI is InChI=1S/C26H36N2O3S2/c1-20-13-15-24(16-14-20)33(30,31)28(25-12-7-9-21(2)22(25)3)19-26(29)27-17-8-18-32-23-10-5-4-6-11-23/h7,9,12-16,23H,4-6,8,10-11,17-19H2,1-3H3,(H,27,29). The first-order valence-corrected chi connectivity index (χ1v) is 14.3. The number of benzene rings is 2. The lowest BCUT2D eigenvalue weighted by molar-refractivity contribution is -0.119. The van der Waals surface area contributed by atoms with Crippen LogP contribution >= 0.6 is 11.8 Å². The molecule has 1 saturated carbocycles. The highest BCUT2D eigenvalue weighted by atomic mass is 32.2. The number of thioether (sulfide) groups is 1. The molecule has 1 aliphatic carbocycles. The van der Waals surface area contributed by atoms with Gasteiger partial charge in [-0.1, -0.05) is 49.1 Å². The highest BCUT2D eigenvalue weighted by molar-refractivity contribution is 7.99.